The number of nitrogens with one attached hydrogen (secondary N) is 1. The van der Waals surface area contributed by atoms with Gasteiger partial charge in [0, 0.05) is 11.9 Å². The van der Waals surface area contributed by atoms with E-state index in [1.807, 2.05) is 31.2 Å². The molecule has 1 N–H and O–H groups in total. The minimum atomic E-state index is -0.155. The van der Waals surface area contributed by atoms with E-state index in [4.69, 9.17) is 25.8 Å². The Labute approximate surface area is 173 Å². The Morgan fingerprint density at radius 2 is 2.07 bits per heavy atom. The first kappa shape index (κ1) is 19.1. The lowest BCUT2D eigenvalue weighted by Crippen LogP contribution is -2.17. The van der Waals surface area contributed by atoms with Crippen molar-refractivity contribution < 1.29 is 19.0 Å². The molecule has 6 nitrogen and oxygen atoms in total. The minimum absolute atomic E-state index is 0.155. The maximum absolute atomic E-state index is 12.5. The first-order valence-corrected chi connectivity index (χ1v) is 9.53. The van der Waals surface area contributed by atoms with Crippen LogP contribution in [0, 0.1) is 6.92 Å². The Morgan fingerprint density at radius 1 is 1.21 bits per heavy atom. The molecular weight excluding hydrogens is 392 g/mol. The monoisotopic (exact) mass is 410 g/mol. The molecule has 4 rings (SSSR count). The smallest absolute Gasteiger partial charge is 0.228 e. The molecule has 0 saturated carbocycles. The number of pyridine rings is 1. The molecule has 1 amide bonds. The van der Waals surface area contributed by atoms with Gasteiger partial charge in [-0.25, -0.2) is 0 Å². The number of benzene rings is 2. The molecule has 0 fully saturated rings. The number of anilines is 1. The summed E-state index contributed by atoms with van der Waals surface area (Å²) in [5, 5.41) is 3.34. The van der Waals surface area contributed by atoms with E-state index in [0.717, 1.165) is 11.1 Å². The van der Waals surface area contributed by atoms with Crippen LogP contribution < -0.4 is 19.5 Å². The van der Waals surface area contributed by atoms with Crippen LogP contribution >= 0.6 is 11.6 Å². The molecule has 0 atom stereocenters. The zero-order chi connectivity index (χ0) is 20.2. The van der Waals surface area contributed by atoms with E-state index in [1.54, 1.807) is 30.6 Å². The zero-order valence-electron chi connectivity index (χ0n) is 15.8. The van der Waals surface area contributed by atoms with Crippen LogP contribution in [0.3, 0.4) is 0 Å². The maximum Gasteiger partial charge on any atom is 0.228 e. The van der Waals surface area contributed by atoms with Crippen LogP contribution in [0.2, 0.25) is 5.02 Å². The summed E-state index contributed by atoms with van der Waals surface area (Å²) in [6.07, 6.45) is 3.50. The molecule has 0 unspecified atom stereocenters. The van der Waals surface area contributed by atoms with Gasteiger partial charge in [0.2, 0.25) is 5.91 Å². The summed E-state index contributed by atoms with van der Waals surface area (Å²) in [5.41, 5.74) is 2.34. The number of carbonyl (C=O) groups is 1. The molecule has 7 heteroatoms. The summed E-state index contributed by atoms with van der Waals surface area (Å²) < 4.78 is 16.9. The average molecular weight is 411 g/mol. The normalized spacial score (nSPS) is 12.3. The molecule has 2 aromatic carbocycles. The topological polar surface area (TPSA) is 69.7 Å². The largest absolute Gasteiger partial charge is 0.486 e. The summed E-state index contributed by atoms with van der Waals surface area (Å²) >= 11 is 6.24. The predicted molar refractivity (Wildman–Crippen MR) is 110 cm³/mol. The van der Waals surface area contributed by atoms with Crippen molar-refractivity contribution in [1.82, 2.24) is 4.98 Å². The number of aryl methyl sites for hydroxylation is 1. The fraction of sp³-hybridized carbons (Fsp3) is 0.182. The lowest BCUT2D eigenvalue weighted by Gasteiger charge is -2.20. The standard InChI is InChI=1S/C22H19ClN2O4/c1-14-9-16(4-5-19(14)29-17-3-2-6-24-13-17)25-21(26)12-15-10-18(23)22-20(11-15)27-7-8-28-22/h2-6,9-11,13H,7-8,12H2,1H3,(H,25,26). The lowest BCUT2D eigenvalue weighted by atomic mass is 10.1. The van der Waals surface area contributed by atoms with Gasteiger partial charge in [0.15, 0.2) is 11.5 Å². The molecule has 0 bridgehead atoms. The molecule has 29 heavy (non-hydrogen) atoms. The van der Waals surface area contributed by atoms with Gasteiger partial charge in [-0.05, 0) is 60.5 Å². The highest BCUT2D eigenvalue weighted by atomic mass is 35.5. The first-order chi connectivity index (χ1) is 14.1. The third-order valence-electron chi connectivity index (χ3n) is 4.34. The third-order valence-corrected chi connectivity index (χ3v) is 4.62. The van der Waals surface area contributed by atoms with Crippen molar-refractivity contribution in [3.05, 3.63) is 71.0 Å². The van der Waals surface area contributed by atoms with Crippen LogP contribution in [-0.2, 0) is 11.2 Å². The van der Waals surface area contributed by atoms with Gasteiger partial charge in [0.05, 0.1) is 17.6 Å². The number of ether oxygens (including phenoxy) is 3. The van der Waals surface area contributed by atoms with E-state index in [9.17, 15) is 4.79 Å². The molecular formula is C22H19ClN2O4. The zero-order valence-corrected chi connectivity index (χ0v) is 16.5. The summed E-state index contributed by atoms with van der Waals surface area (Å²) in [5.74, 6) is 2.30. The van der Waals surface area contributed by atoms with E-state index in [1.165, 1.54) is 0 Å². The molecule has 0 spiro atoms. The SMILES string of the molecule is Cc1cc(NC(=O)Cc2cc(Cl)c3c(c2)OCCO3)ccc1Oc1cccnc1. The second-order valence-corrected chi connectivity index (χ2v) is 7.01. The Balaban J connectivity index is 1.42. The van der Waals surface area contributed by atoms with Gasteiger partial charge in [0.1, 0.15) is 24.7 Å². The van der Waals surface area contributed by atoms with Crippen LogP contribution in [0.25, 0.3) is 0 Å². The van der Waals surface area contributed by atoms with Gasteiger partial charge in [-0.2, -0.15) is 0 Å². The van der Waals surface area contributed by atoms with Gasteiger partial charge in [-0.15, -0.1) is 0 Å². The number of amides is 1. The van der Waals surface area contributed by atoms with Gasteiger partial charge in [-0.1, -0.05) is 11.6 Å². The number of hydrogen-bond donors (Lipinski definition) is 1. The van der Waals surface area contributed by atoms with E-state index in [0.29, 0.717) is 46.9 Å². The molecule has 2 heterocycles. The second-order valence-electron chi connectivity index (χ2n) is 6.60. The number of halogens is 1. The number of nitrogens with zero attached hydrogens (tertiary/aromatic N) is 1. The van der Waals surface area contributed by atoms with Crippen molar-refractivity contribution in [2.75, 3.05) is 18.5 Å². The van der Waals surface area contributed by atoms with Crippen LogP contribution in [-0.4, -0.2) is 24.1 Å². The van der Waals surface area contributed by atoms with E-state index < -0.39 is 0 Å². The summed E-state index contributed by atoms with van der Waals surface area (Å²) in [7, 11) is 0. The molecule has 0 saturated heterocycles. The quantitative estimate of drug-likeness (QED) is 0.655. The van der Waals surface area contributed by atoms with Gasteiger partial charge in [0.25, 0.3) is 0 Å². The van der Waals surface area contributed by atoms with Crippen LogP contribution in [0.15, 0.2) is 54.9 Å². The van der Waals surface area contributed by atoms with Gasteiger partial charge >= 0.3 is 0 Å². The third kappa shape index (κ3) is 4.60. The Kier molecular flexibility index (Phi) is 5.53. The Hall–Kier alpha value is -3.25. The summed E-state index contributed by atoms with van der Waals surface area (Å²) in [6, 6.07) is 12.6. The number of hydrogen-bond acceptors (Lipinski definition) is 5. The average Bonchev–Trinajstić information content (AvgIpc) is 2.71. The fourth-order valence-corrected chi connectivity index (χ4v) is 3.32. The Morgan fingerprint density at radius 3 is 2.86 bits per heavy atom. The van der Waals surface area contributed by atoms with Gasteiger partial charge in [-0.3, -0.25) is 9.78 Å². The molecule has 0 aliphatic carbocycles. The number of fused-ring (bicyclic) bond motifs is 1. The summed E-state index contributed by atoms with van der Waals surface area (Å²) in [6.45, 7) is 2.85. The van der Waals surface area contributed by atoms with Crippen LogP contribution in [0.1, 0.15) is 11.1 Å². The highest BCUT2D eigenvalue weighted by Gasteiger charge is 2.18. The van der Waals surface area contributed by atoms with E-state index in [2.05, 4.69) is 10.3 Å². The van der Waals surface area contributed by atoms with Crippen LogP contribution in [0.5, 0.6) is 23.0 Å². The molecule has 3 aromatic rings. The number of aromatic nitrogens is 1. The van der Waals surface area contributed by atoms with E-state index >= 15 is 0 Å². The van der Waals surface area contributed by atoms with E-state index in [-0.39, 0.29) is 12.3 Å². The van der Waals surface area contributed by atoms with Crippen molar-refractivity contribution >= 4 is 23.2 Å². The van der Waals surface area contributed by atoms with Crippen molar-refractivity contribution in [3.8, 4) is 23.0 Å². The van der Waals surface area contributed by atoms with Crippen molar-refractivity contribution in [1.29, 1.82) is 0 Å². The number of rotatable bonds is 5. The van der Waals surface area contributed by atoms with Crippen molar-refractivity contribution in [3.63, 3.8) is 0 Å². The van der Waals surface area contributed by atoms with Crippen molar-refractivity contribution in [2.45, 2.75) is 13.3 Å². The molecule has 1 aliphatic heterocycles. The maximum atomic E-state index is 12.5. The molecule has 0 radical (unpaired) electrons. The predicted octanol–water partition coefficient (Wildman–Crippen LogP) is 4.79. The molecule has 1 aliphatic rings. The van der Waals surface area contributed by atoms with Crippen LogP contribution in [0.4, 0.5) is 5.69 Å². The number of carbonyl (C=O) groups excluding carboxylic acids is 1. The second kappa shape index (κ2) is 8.41. The lowest BCUT2D eigenvalue weighted by molar-refractivity contribution is -0.115. The Bertz CT molecular complexity index is 1040. The summed E-state index contributed by atoms with van der Waals surface area (Å²) in [4.78, 5) is 16.5. The van der Waals surface area contributed by atoms with Crippen molar-refractivity contribution in [2.24, 2.45) is 0 Å². The molecule has 148 valence electrons. The van der Waals surface area contributed by atoms with Gasteiger partial charge < -0.3 is 19.5 Å². The minimum Gasteiger partial charge on any atom is -0.486 e. The highest BCUT2D eigenvalue weighted by Crippen LogP contribution is 2.38. The highest BCUT2D eigenvalue weighted by molar-refractivity contribution is 6.32. The first-order valence-electron chi connectivity index (χ1n) is 9.15. The molecule has 1 aromatic heterocycles. The fourth-order valence-electron chi connectivity index (χ4n) is 3.03.